The van der Waals surface area contributed by atoms with Gasteiger partial charge in [-0.05, 0) is 43.7 Å². The number of hydrogen-bond acceptors (Lipinski definition) is 5. The van der Waals surface area contributed by atoms with Crippen molar-refractivity contribution in [1.29, 1.82) is 0 Å². The number of nitrogens with zero attached hydrogens (tertiary/aromatic N) is 2. The molecule has 2 aromatic carbocycles. The molecule has 0 radical (unpaired) electrons. The topological polar surface area (TPSA) is 51.2 Å². The normalized spacial score (nSPS) is 13.9. The Hall–Kier alpha value is -2.41. The largest absolute Gasteiger partial charge is 0.495 e. The molecule has 0 aromatic heterocycles. The first-order valence-corrected chi connectivity index (χ1v) is 11.1. The smallest absolute Gasteiger partial charge is 0.227 e. The Morgan fingerprint density at radius 3 is 2.23 bits per heavy atom. The molecular weight excluding hydrogens is 448 g/mol. The van der Waals surface area contributed by atoms with Gasteiger partial charge in [0, 0.05) is 30.7 Å². The summed E-state index contributed by atoms with van der Waals surface area (Å²) >= 11 is 3.58. The lowest BCUT2D eigenvalue weighted by Gasteiger charge is -2.36. The molecule has 0 aliphatic carbocycles. The lowest BCUT2D eigenvalue weighted by atomic mass is 10.1. The maximum Gasteiger partial charge on any atom is 0.227 e. The van der Waals surface area contributed by atoms with E-state index in [-0.39, 0.29) is 5.91 Å². The van der Waals surface area contributed by atoms with E-state index in [2.05, 4.69) is 26.9 Å². The third kappa shape index (κ3) is 5.19. The number of piperazine rings is 1. The van der Waals surface area contributed by atoms with Crippen LogP contribution in [0.1, 0.15) is 19.4 Å². The van der Waals surface area contributed by atoms with Crippen molar-refractivity contribution in [2.24, 2.45) is 0 Å². The molecule has 0 bridgehead atoms. The van der Waals surface area contributed by atoms with Gasteiger partial charge in [-0.2, -0.15) is 0 Å². The van der Waals surface area contributed by atoms with E-state index < -0.39 is 0 Å². The minimum absolute atomic E-state index is 0.113. The number of ether oxygens (including phenoxy) is 3. The van der Waals surface area contributed by atoms with E-state index in [1.165, 1.54) is 0 Å². The maximum absolute atomic E-state index is 13.0. The summed E-state index contributed by atoms with van der Waals surface area (Å²) < 4.78 is 17.7. The number of amides is 1. The van der Waals surface area contributed by atoms with Crippen LogP contribution in [-0.4, -0.2) is 57.3 Å². The minimum Gasteiger partial charge on any atom is -0.495 e. The summed E-state index contributed by atoms with van der Waals surface area (Å²) in [6.45, 7) is 7.89. The van der Waals surface area contributed by atoms with Crippen LogP contribution in [-0.2, 0) is 11.2 Å². The highest BCUT2D eigenvalue weighted by Crippen LogP contribution is 2.34. The first-order chi connectivity index (χ1) is 14.6. The van der Waals surface area contributed by atoms with E-state index >= 15 is 0 Å². The van der Waals surface area contributed by atoms with Gasteiger partial charge in [0.05, 0.1) is 32.4 Å². The average molecular weight is 477 g/mol. The number of para-hydroxylation sites is 2. The van der Waals surface area contributed by atoms with Crippen LogP contribution in [0.15, 0.2) is 40.9 Å². The summed E-state index contributed by atoms with van der Waals surface area (Å²) in [4.78, 5) is 17.1. The third-order valence-electron chi connectivity index (χ3n) is 5.11. The molecular formula is C23H29BrN2O4. The monoisotopic (exact) mass is 476 g/mol. The van der Waals surface area contributed by atoms with Crippen LogP contribution in [0, 0.1) is 0 Å². The van der Waals surface area contributed by atoms with Crippen molar-refractivity contribution in [2.45, 2.75) is 20.3 Å². The van der Waals surface area contributed by atoms with E-state index in [4.69, 9.17) is 14.2 Å². The molecule has 7 heteroatoms. The van der Waals surface area contributed by atoms with Crippen LogP contribution >= 0.6 is 15.9 Å². The number of anilines is 1. The second-order valence-electron chi connectivity index (χ2n) is 6.97. The first kappa shape index (κ1) is 22.3. The molecule has 1 aliphatic heterocycles. The van der Waals surface area contributed by atoms with E-state index in [1.54, 1.807) is 7.11 Å². The number of hydrogen-bond donors (Lipinski definition) is 0. The molecule has 1 fully saturated rings. The highest BCUT2D eigenvalue weighted by molar-refractivity contribution is 9.10. The molecule has 1 aliphatic rings. The van der Waals surface area contributed by atoms with Crippen molar-refractivity contribution in [1.82, 2.24) is 4.90 Å². The summed E-state index contributed by atoms with van der Waals surface area (Å²) in [5.74, 6) is 2.33. The number of carbonyl (C=O) groups is 1. The van der Waals surface area contributed by atoms with E-state index in [1.807, 2.05) is 49.1 Å². The summed E-state index contributed by atoms with van der Waals surface area (Å²) in [5.41, 5.74) is 1.97. The predicted octanol–water partition coefficient (Wildman–Crippen LogP) is 4.15. The van der Waals surface area contributed by atoms with Crippen LogP contribution in [0.2, 0.25) is 0 Å². The molecule has 0 spiro atoms. The molecule has 1 saturated heterocycles. The quantitative estimate of drug-likeness (QED) is 0.572. The van der Waals surface area contributed by atoms with Gasteiger partial charge in [0.25, 0.3) is 0 Å². The Labute approximate surface area is 186 Å². The lowest BCUT2D eigenvalue weighted by molar-refractivity contribution is -0.130. The SMILES string of the molecule is CCOc1cc(Br)c(CC(=O)N2CCN(c3ccccc3OC)CC2)cc1OCC. The van der Waals surface area contributed by atoms with Gasteiger partial charge in [-0.15, -0.1) is 0 Å². The molecule has 30 heavy (non-hydrogen) atoms. The molecule has 3 rings (SSSR count). The number of methoxy groups -OCH3 is 1. The second kappa shape index (κ2) is 10.6. The standard InChI is InChI=1S/C23H29BrN2O4/c1-4-29-21-14-17(18(24)16-22(21)30-5-2)15-23(27)26-12-10-25(11-13-26)19-8-6-7-9-20(19)28-3/h6-9,14,16H,4-5,10-13,15H2,1-3H3. The van der Waals surface area contributed by atoms with Crippen LogP contribution in [0.4, 0.5) is 5.69 Å². The van der Waals surface area contributed by atoms with Gasteiger partial charge in [-0.1, -0.05) is 28.1 Å². The van der Waals surface area contributed by atoms with Crippen molar-refractivity contribution < 1.29 is 19.0 Å². The van der Waals surface area contributed by atoms with Crippen LogP contribution in [0.5, 0.6) is 17.2 Å². The van der Waals surface area contributed by atoms with Gasteiger partial charge in [-0.25, -0.2) is 0 Å². The van der Waals surface area contributed by atoms with Gasteiger partial charge < -0.3 is 24.0 Å². The van der Waals surface area contributed by atoms with Gasteiger partial charge >= 0.3 is 0 Å². The van der Waals surface area contributed by atoms with Crippen molar-refractivity contribution >= 4 is 27.5 Å². The summed E-state index contributed by atoms with van der Waals surface area (Å²) in [6, 6.07) is 11.8. The van der Waals surface area contributed by atoms with Gasteiger partial charge in [0.2, 0.25) is 5.91 Å². The Morgan fingerprint density at radius 1 is 0.967 bits per heavy atom. The lowest BCUT2D eigenvalue weighted by Crippen LogP contribution is -2.49. The summed E-state index contributed by atoms with van der Waals surface area (Å²) in [7, 11) is 1.68. The van der Waals surface area contributed by atoms with Gasteiger partial charge in [0.15, 0.2) is 11.5 Å². The molecule has 1 amide bonds. The number of benzene rings is 2. The molecule has 1 heterocycles. The molecule has 2 aromatic rings. The van der Waals surface area contributed by atoms with E-state index in [9.17, 15) is 4.79 Å². The zero-order chi connectivity index (χ0) is 21.5. The Bertz CT molecular complexity index is 866. The van der Waals surface area contributed by atoms with Crippen LogP contribution in [0.3, 0.4) is 0 Å². The molecule has 0 unspecified atom stereocenters. The highest BCUT2D eigenvalue weighted by Gasteiger charge is 2.24. The van der Waals surface area contributed by atoms with Crippen molar-refractivity contribution in [3.63, 3.8) is 0 Å². The van der Waals surface area contributed by atoms with Crippen molar-refractivity contribution in [2.75, 3.05) is 51.4 Å². The molecule has 0 N–H and O–H groups in total. The van der Waals surface area contributed by atoms with E-state index in [0.717, 1.165) is 34.6 Å². The molecule has 162 valence electrons. The number of carbonyl (C=O) groups excluding carboxylic acids is 1. The fourth-order valence-corrected chi connectivity index (χ4v) is 4.07. The summed E-state index contributed by atoms with van der Waals surface area (Å²) in [5, 5.41) is 0. The minimum atomic E-state index is 0.113. The Morgan fingerprint density at radius 2 is 1.60 bits per heavy atom. The van der Waals surface area contributed by atoms with Gasteiger partial charge in [-0.3, -0.25) is 4.79 Å². The Balaban J connectivity index is 1.65. The van der Waals surface area contributed by atoms with Crippen LogP contribution < -0.4 is 19.1 Å². The molecule has 0 saturated carbocycles. The Kier molecular flexibility index (Phi) is 7.85. The van der Waals surface area contributed by atoms with Crippen molar-refractivity contribution in [3.8, 4) is 17.2 Å². The zero-order valence-corrected chi connectivity index (χ0v) is 19.4. The third-order valence-corrected chi connectivity index (χ3v) is 5.85. The summed E-state index contributed by atoms with van der Waals surface area (Å²) in [6.07, 6.45) is 0.321. The van der Waals surface area contributed by atoms with Crippen LogP contribution in [0.25, 0.3) is 0 Å². The number of rotatable bonds is 8. The fourth-order valence-electron chi connectivity index (χ4n) is 3.61. The van der Waals surface area contributed by atoms with E-state index in [0.29, 0.717) is 44.2 Å². The average Bonchev–Trinajstić information content (AvgIpc) is 2.77. The fraction of sp³-hybridized carbons (Fsp3) is 0.435. The van der Waals surface area contributed by atoms with Gasteiger partial charge in [0.1, 0.15) is 5.75 Å². The molecule has 6 nitrogen and oxygen atoms in total. The zero-order valence-electron chi connectivity index (χ0n) is 17.8. The first-order valence-electron chi connectivity index (χ1n) is 10.3. The maximum atomic E-state index is 13.0. The predicted molar refractivity (Wildman–Crippen MR) is 122 cm³/mol. The highest BCUT2D eigenvalue weighted by atomic mass is 79.9. The molecule has 0 atom stereocenters. The number of halogens is 1. The van der Waals surface area contributed by atoms with Crippen molar-refractivity contribution in [3.05, 3.63) is 46.4 Å². The second-order valence-corrected chi connectivity index (χ2v) is 7.83.